The molecule has 4 N–H and O–H groups in total. The van der Waals surface area contributed by atoms with Gasteiger partial charge < -0.3 is 16.2 Å². The fourth-order valence-electron chi connectivity index (χ4n) is 1.93. The third kappa shape index (κ3) is 7.82. The van der Waals surface area contributed by atoms with Gasteiger partial charge in [-0.25, -0.2) is 0 Å². The van der Waals surface area contributed by atoms with Gasteiger partial charge in [-0.15, -0.1) is 0 Å². The predicted molar refractivity (Wildman–Crippen MR) is 75.7 cm³/mol. The van der Waals surface area contributed by atoms with E-state index in [0.29, 0.717) is 6.42 Å². The molecule has 0 saturated carbocycles. The molecular formula is C14H28N2O3. The summed E-state index contributed by atoms with van der Waals surface area (Å²) in [6.45, 7) is 9.94. The molecule has 0 fully saturated rings. The Hall–Kier alpha value is -1.10. The lowest BCUT2D eigenvalue weighted by Gasteiger charge is -2.27. The first-order valence-electron chi connectivity index (χ1n) is 6.84. The maximum Gasteiger partial charge on any atom is 0.305 e. The van der Waals surface area contributed by atoms with Crippen molar-refractivity contribution in [1.82, 2.24) is 5.32 Å². The van der Waals surface area contributed by atoms with Gasteiger partial charge in [-0.2, -0.15) is 0 Å². The van der Waals surface area contributed by atoms with Crippen LogP contribution >= 0.6 is 0 Å². The highest BCUT2D eigenvalue weighted by Gasteiger charge is 2.26. The van der Waals surface area contributed by atoms with Gasteiger partial charge in [-0.3, -0.25) is 9.59 Å². The summed E-state index contributed by atoms with van der Waals surface area (Å²) in [4.78, 5) is 22.8. The largest absolute Gasteiger partial charge is 0.481 e. The van der Waals surface area contributed by atoms with E-state index in [1.165, 1.54) is 0 Å². The summed E-state index contributed by atoms with van der Waals surface area (Å²) in [5, 5.41) is 11.7. The molecule has 0 aliphatic carbocycles. The van der Waals surface area contributed by atoms with Crippen molar-refractivity contribution < 1.29 is 14.7 Å². The number of nitrogens with two attached hydrogens (primary N) is 1. The van der Waals surface area contributed by atoms with E-state index in [9.17, 15) is 9.59 Å². The zero-order chi connectivity index (χ0) is 15.2. The van der Waals surface area contributed by atoms with Gasteiger partial charge in [0.2, 0.25) is 5.91 Å². The minimum atomic E-state index is -0.910. The highest BCUT2D eigenvalue weighted by Crippen LogP contribution is 2.22. The van der Waals surface area contributed by atoms with Crippen LogP contribution in [0.25, 0.3) is 0 Å². The third-order valence-corrected chi connectivity index (χ3v) is 3.19. The van der Waals surface area contributed by atoms with Crippen molar-refractivity contribution in [2.24, 2.45) is 17.1 Å². The number of aliphatic carboxylic acids is 1. The quantitative estimate of drug-likeness (QED) is 0.658. The highest BCUT2D eigenvalue weighted by atomic mass is 16.4. The number of hydrogen-bond acceptors (Lipinski definition) is 3. The lowest BCUT2D eigenvalue weighted by atomic mass is 9.86. The summed E-state index contributed by atoms with van der Waals surface area (Å²) in [5.41, 5.74) is 5.81. The zero-order valence-electron chi connectivity index (χ0n) is 12.7. The lowest BCUT2D eigenvalue weighted by Crippen LogP contribution is -2.49. The van der Waals surface area contributed by atoms with Gasteiger partial charge in [0.25, 0.3) is 0 Å². The van der Waals surface area contributed by atoms with E-state index in [-0.39, 0.29) is 29.7 Å². The Morgan fingerprint density at radius 2 is 1.84 bits per heavy atom. The van der Waals surface area contributed by atoms with Gasteiger partial charge in [0.05, 0.1) is 12.5 Å². The Morgan fingerprint density at radius 1 is 1.32 bits per heavy atom. The Kier molecular flexibility index (Phi) is 7.05. The maximum atomic E-state index is 12.0. The van der Waals surface area contributed by atoms with Crippen LogP contribution in [0.3, 0.4) is 0 Å². The minimum absolute atomic E-state index is 0.0478. The summed E-state index contributed by atoms with van der Waals surface area (Å²) in [6, 6.07) is -0.957. The number of nitrogens with one attached hydrogen (secondary N) is 1. The predicted octanol–water partition coefficient (Wildman–Crippen LogP) is 1.76. The van der Waals surface area contributed by atoms with E-state index in [4.69, 9.17) is 10.8 Å². The van der Waals surface area contributed by atoms with E-state index < -0.39 is 12.0 Å². The molecule has 0 aromatic carbocycles. The fraction of sp³-hybridized carbons (Fsp3) is 0.857. The number of hydrogen-bond donors (Lipinski definition) is 3. The van der Waals surface area contributed by atoms with E-state index >= 15 is 0 Å². The zero-order valence-corrected chi connectivity index (χ0v) is 12.7. The third-order valence-electron chi connectivity index (χ3n) is 3.19. The van der Waals surface area contributed by atoms with Crippen LogP contribution in [0.4, 0.5) is 0 Å². The SMILES string of the molecule is CCC(C)C(N)C(=O)NC(CC(=O)O)CC(C)(C)C. The van der Waals surface area contributed by atoms with Crippen molar-refractivity contribution in [3.8, 4) is 0 Å². The van der Waals surface area contributed by atoms with E-state index in [1.807, 2.05) is 34.6 Å². The molecule has 3 atom stereocenters. The van der Waals surface area contributed by atoms with Crippen LogP contribution in [0.1, 0.15) is 53.9 Å². The molecule has 0 saturated heterocycles. The molecule has 3 unspecified atom stereocenters. The van der Waals surface area contributed by atoms with Gasteiger partial charge in [0, 0.05) is 6.04 Å². The van der Waals surface area contributed by atoms with E-state index in [2.05, 4.69) is 5.32 Å². The van der Waals surface area contributed by atoms with Crippen LogP contribution in [0.15, 0.2) is 0 Å². The van der Waals surface area contributed by atoms with Gasteiger partial charge in [0.15, 0.2) is 0 Å². The molecule has 0 aromatic heterocycles. The standard InChI is InChI=1S/C14H28N2O3/c1-6-9(2)12(15)13(19)16-10(7-11(17)18)8-14(3,4)5/h9-10,12H,6-8,15H2,1-5H3,(H,16,19)(H,17,18). The molecule has 0 radical (unpaired) electrons. The second-order valence-corrected chi connectivity index (χ2v) is 6.48. The first kappa shape index (κ1) is 17.9. The first-order chi connectivity index (χ1) is 8.56. The van der Waals surface area contributed by atoms with E-state index in [1.54, 1.807) is 0 Å². The molecule has 0 spiro atoms. The average molecular weight is 272 g/mol. The van der Waals surface area contributed by atoms with Gasteiger partial charge in [-0.1, -0.05) is 41.0 Å². The molecule has 0 bridgehead atoms. The average Bonchev–Trinajstić information content (AvgIpc) is 2.23. The van der Waals surface area contributed by atoms with Crippen LogP contribution < -0.4 is 11.1 Å². The summed E-state index contributed by atoms with van der Waals surface area (Å²) in [6.07, 6.45) is 1.35. The number of carboxylic acid groups (broad SMARTS) is 1. The highest BCUT2D eigenvalue weighted by molar-refractivity contribution is 5.82. The second kappa shape index (κ2) is 7.48. The van der Waals surface area contributed by atoms with Crippen molar-refractivity contribution in [3.05, 3.63) is 0 Å². The Labute approximate surface area is 115 Å². The Morgan fingerprint density at radius 3 is 2.21 bits per heavy atom. The summed E-state index contributed by atoms with van der Waals surface area (Å²) in [7, 11) is 0. The van der Waals surface area contributed by atoms with Crippen LogP contribution in [-0.4, -0.2) is 29.1 Å². The number of rotatable bonds is 7. The molecule has 19 heavy (non-hydrogen) atoms. The number of carboxylic acids is 1. The van der Waals surface area contributed by atoms with Gasteiger partial charge >= 0.3 is 5.97 Å². The first-order valence-corrected chi connectivity index (χ1v) is 6.84. The molecule has 1 amide bonds. The fourth-order valence-corrected chi connectivity index (χ4v) is 1.93. The van der Waals surface area contributed by atoms with Crippen LogP contribution in [-0.2, 0) is 9.59 Å². The van der Waals surface area contributed by atoms with Crippen molar-refractivity contribution in [1.29, 1.82) is 0 Å². The van der Waals surface area contributed by atoms with Crippen LogP contribution in [0, 0.1) is 11.3 Å². The normalized spacial score (nSPS) is 16.5. The van der Waals surface area contributed by atoms with Crippen molar-refractivity contribution >= 4 is 11.9 Å². The second-order valence-electron chi connectivity index (χ2n) is 6.48. The molecule has 0 aliphatic rings. The molecule has 5 heteroatoms. The van der Waals surface area contributed by atoms with Crippen molar-refractivity contribution in [2.75, 3.05) is 0 Å². The van der Waals surface area contributed by atoms with Crippen LogP contribution in [0.2, 0.25) is 0 Å². The monoisotopic (exact) mass is 272 g/mol. The number of amides is 1. The Balaban J connectivity index is 4.63. The molecule has 5 nitrogen and oxygen atoms in total. The molecule has 0 aromatic rings. The molecule has 0 aliphatic heterocycles. The molecule has 112 valence electrons. The molecular weight excluding hydrogens is 244 g/mol. The number of carbonyl (C=O) groups is 2. The smallest absolute Gasteiger partial charge is 0.305 e. The molecule has 0 heterocycles. The minimum Gasteiger partial charge on any atom is -0.481 e. The van der Waals surface area contributed by atoms with Crippen molar-refractivity contribution in [2.45, 2.75) is 66.0 Å². The van der Waals surface area contributed by atoms with E-state index in [0.717, 1.165) is 6.42 Å². The lowest BCUT2D eigenvalue weighted by molar-refractivity contribution is -0.138. The summed E-state index contributed by atoms with van der Waals surface area (Å²) < 4.78 is 0. The van der Waals surface area contributed by atoms with Crippen LogP contribution in [0.5, 0.6) is 0 Å². The Bertz CT molecular complexity index is 310. The van der Waals surface area contributed by atoms with Gasteiger partial charge in [0.1, 0.15) is 0 Å². The molecule has 0 rings (SSSR count). The number of carbonyl (C=O) groups excluding carboxylic acids is 1. The summed E-state index contributed by atoms with van der Waals surface area (Å²) in [5.74, 6) is -1.09. The van der Waals surface area contributed by atoms with Crippen molar-refractivity contribution in [3.63, 3.8) is 0 Å². The topological polar surface area (TPSA) is 92.4 Å². The maximum absolute atomic E-state index is 12.0. The van der Waals surface area contributed by atoms with Gasteiger partial charge in [-0.05, 0) is 17.8 Å². The summed E-state index contributed by atoms with van der Waals surface area (Å²) >= 11 is 0.